The fraction of sp³-hybridized carbons (Fsp3) is 0. The summed E-state index contributed by atoms with van der Waals surface area (Å²) < 4.78 is 0. The molecule has 0 N–H and O–H groups in total. The van der Waals surface area contributed by atoms with Crippen LogP contribution in [0.25, 0.3) is 10.9 Å². The Morgan fingerprint density at radius 3 is 2.75 bits per heavy atom. The second-order valence-electron chi connectivity index (χ2n) is 2.23. The van der Waals surface area contributed by atoms with Crippen LogP contribution in [0.2, 0.25) is 5.02 Å². The minimum atomic E-state index is 0. The largest absolute Gasteiger partial charge is 1.00 e. The van der Waals surface area contributed by atoms with Crippen molar-refractivity contribution in [3.63, 3.8) is 0 Å². The van der Waals surface area contributed by atoms with Crippen LogP contribution in [-0.2, 0) is 0 Å². The molecule has 2 rings (SSSR count). The molecule has 1 nitrogen and oxygen atoms in total. The average Bonchev–Trinajstić information content (AvgIpc) is 2.06. The number of pyridine rings is 1. The van der Waals surface area contributed by atoms with E-state index < -0.39 is 0 Å². The number of fused-ring (bicyclic) bond motifs is 1. The summed E-state index contributed by atoms with van der Waals surface area (Å²) in [5.41, 5.74) is 0.913. The topological polar surface area (TPSA) is 12.9 Å². The van der Waals surface area contributed by atoms with E-state index in [0.717, 1.165) is 10.9 Å². The minimum absolute atomic E-state index is 0. The van der Waals surface area contributed by atoms with Gasteiger partial charge in [0.05, 0.1) is 0 Å². The first-order valence-electron chi connectivity index (χ1n) is 3.29. The van der Waals surface area contributed by atoms with Crippen molar-refractivity contribution in [3.05, 3.63) is 41.6 Å². The van der Waals surface area contributed by atoms with Crippen molar-refractivity contribution >= 4 is 22.5 Å². The van der Waals surface area contributed by atoms with Crippen molar-refractivity contribution in [2.45, 2.75) is 0 Å². The summed E-state index contributed by atoms with van der Waals surface area (Å²) in [5, 5.41) is 1.59. The van der Waals surface area contributed by atoms with Gasteiger partial charge in [-0.05, 0) is 5.52 Å². The summed E-state index contributed by atoms with van der Waals surface area (Å²) >= 11 is 5.86. The van der Waals surface area contributed by atoms with Crippen LogP contribution in [0.5, 0.6) is 0 Å². The van der Waals surface area contributed by atoms with Crippen LogP contribution in [-0.4, -0.2) is 4.98 Å². The van der Waals surface area contributed by atoms with Crippen molar-refractivity contribution in [1.82, 2.24) is 4.98 Å². The molecule has 2 aromatic rings. The Morgan fingerprint density at radius 1 is 1.25 bits per heavy atom. The van der Waals surface area contributed by atoms with Gasteiger partial charge >= 0.3 is 18.9 Å². The molecule has 1 heterocycles. The van der Waals surface area contributed by atoms with Gasteiger partial charge in [0.2, 0.25) is 0 Å². The zero-order chi connectivity index (χ0) is 7.68. The first-order valence-corrected chi connectivity index (χ1v) is 3.66. The molecule has 0 spiro atoms. The van der Waals surface area contributed by atoms with Gasteiger partial charge in [-0.15, -0.1) is 28.1 Å². The second-order valence-corrected chi connectivity index (χ2v) is 2.61. The Hall–Kier alpha value is -0.483. The first kappa shape index (κ1) is 9.60. The van der Waals surface area contributed by atoms with E-state index in [1.807, 2.05) is 24.3 Å². The monoisotopic (exact) mass is 169 g/mol. The van der Waals surface area contributed by atoms with Crippen molar-refractivity contribution in [1.29, 1.82) is 0 Å². The normalized spacial score (nSPS) is 9.42. The number of para-hydroxylation sites is 1. The molecule has 0 aliphatic heterocycles. The van der Waals surface area contributed by atoms with Gasteiger partial charge in [-0.1, -0.05) is 24.4 Å². The number of nitrogens with zero attached hydrogens (tertiary/aromatic N) is 1. The van der Waals surface area contributed by atoms with Gasteiger partial charge in [-0.2, -0.15) is 0 Å². The van der Waals surface area contributed by atoms with Crippen molar-refractivity contribution in [2.75, 3.05) is 0 Å². The number of hydrogen-bond donors (Lipinski definition) is 0. The zero-order valence-corrected chi connectivity index (χ0v) is 7.47. The number of aromatic nitrogens is 1. The molecule has 0 aliphatic carbocycles. The maximum absolute atomic E-state index is 5.86. The van der Waals surface area contributed by atoms with E-state index in [2.05, 4.69) is 11.1 Å². The fourth-order valence-corrected chi connectivity index (χ4v) is 1.22. The average molecular weight is 170 g/mol. The fourth-order valence-electron chi connectivity index (χ4n) is 1.01. The maximum atomic E-state index is 5.86. The van der Waals surface area contributed by atoms with Gasteiger partial charge in [0.15, 0.2) is 0 Å². The third-order valence-electron chi connectivity index (χ3n) is 1.54. The molecule has 0 saturated heterocycles. The van der Waals surface area contributed by atoms with Gasteiger partial charge in [0.1, 0.15) is 0 Å². The summed E-state index contributed by atoms with van der Waals surface area (Å²) in [6, 6.07) is 10.6. The second kappa shape index (κ2) is 3.96. The van der Waals surface area contributed by atoms with Crippen molar-refractivity contribution in [2.24, 2.45) is 0 Å². The standard InChI is InChI=1S/C9H5ClN.Li/c10-8-5-6-11-9-4-2-1-3-7(8)9;/h1-4,6H;/q-1;+1. The van der Waals surface area contributed by atoms with Gasteiger partial charge in [0.25, 0.3) is 0 Å². The Kier molecular flexibility index (Phi) is 3.17. The summed E-state index contributed by atoms with van der Waals surface area (Å²) in [6.07, 6.45) is 1.59. The summed E-state index contributed by atoms with van der Waals surface area (Å²) in [7, 11) is 0. The number of hydrogen-bond acceptors (Lipinski definition) is 1. The van der Waals surface area contributed by atoms with Crippen LogP contribution < -0.4 is 18.9 Å². The van der Waals surface area contributed by atoms with E-state index >= 15 is 0 Å². The molecule has 0 saturated carbocycles. The maximum Gasteiger partial charge on any atom is 1.00 e. The molecule has 0 unspecified atom stereocenters. The zero-order valence-electron chi connectivity index (χ0n) is 6.71. The van der Waals surface area contributed by atoms with Crippen LogP contribution in [0.4, 0.5) is 0 Å². The van der Waals surface area contributed by atoms with Crippen LogP contribution in [0.3, 0.4) is 0 Å². The van der Waals surface area contributed by atoms with Crippen molar-refractivity contribution < 1.29 is 18.9 Å². The predicted molar refractivity (Wildman–Crippen MR) is 45.6 cm³/mol. The molecule has 3 heteroatoms. The molecule has 0 radical (unpaired) electrons. The Morgan fingerprint density at radius 2 is 2.00 bits per heavy atom. The van der Waals surface area contributed by atoms with Gasteiger partial charge in [-0.25, -0.2) is 6.07 Å². The van der Waals surface area contributed by atoms with E-state index in [-0.39, 0.29) is 18.9 Å². The van der Waals surface area contributed by atoms with Gasteiger partial charge in [-0.3, -0.25) is 4.98 Å². The molecule has 12 heavy (non-hydrogen) atoms. The molecule has 1 aromatic heterocycles. The van der Waals surface area contributed by atoms with E-state index in [4.69, 9.17) is 11.6 Å². The third-order valence-corrected chi connectivity index (χ3v) is 1.85. The van der Waals surface area contributed by atoms with Crippen LogP contribution in [0.15, 0.2) is 30.5 Å². The van der Waals surface area contributed by atoms with E-state index in [9.17, 15) is 0 Å². The van der Waals surface area contributed by atoms with E-state index in [1.165, 1.54) is 0 Å². The van der Waals surface area contributed by atoms with E-state index in [1.54, 1.807) is 6.20 Å². The minimum Gasteiger partial charge on any atom is -0.296 e. The quantitative estimate of drug-likeness (QED) is 0.390. The smallest absolute Gasteiger partial charge is 0.296 e. The van der Waals surface area contributed by atoms with Crippen molar-refractivity contribution in [3.8, 4) is 0 Å². The SMILES string of the molecule is Clc1[c-]cnc2ccccc12.[Li+]. The summed E-state index contributed by atoms with van der Waals surface area (Å²) in [6.45, 7) is 0. The molecular formula is C9H5ClLiN. The molecule has 0 atom stereocenters. The first-order chi connectivity index (χ1) is 5.38. The predicted octanol–water partition coefficient (Wildman–Crippen LogP) is -0.308. The van der Waals surface area contributed by atoms with Crippen LogP contribution in [0.1, 0.15) is 0 Å². The third kappa shape index (κ3) is 1.64. The Balaban J connectivity index is 0.000000720. The molecule has 0 fully saturated rings. The van der Waals surface area contributed by atoms with Crippen LogP contribution in [0, 0.1) is 6.07 Å². The molecule has 54 valence electrons. The molecule has 0 bridgehead atoms. The molecule has 0 amide bonds. The van der Waals surface area contributed by atoms with E-state index in [0.29, 0.717) is 5.02 Å². The summed E-state index contributed by atoms with van der Waals surface area (Å²) in [5.74, 6) is 0. The molecular weight excluding hydrogens is 164 g/mol. The molecule has 1 aromatic carbocycles. The van der Waals surface area contributed by atoms with Gasteiger partial charge in [0, 0.05) is 0 Å². The Bertz CT molecular complexity index is 384. The summed E-state index contributed by atoms with van der Waals surface area (Å²) in [4.78, 5) is 4.10. The Labute approximate surface area is 87.9 Å². The number of rotatable bonds is 0. The number of benzene rings is 1. The van der Waals surface area contributed by atoms with Crippen LogP contribution >= 0.6 is 11.6 Å². The number of halogens is 1. The van der Waals surface area contributed by atoms with Gasteiger partial charge < -0.3 is 0 Å². The molecule has 0 aliphatic rings.